The lowest BCUT2D eigenvalue weighted by atomic mass is 9.95. The second-order valence-corrected chi connectivity index (χ2v) is 5.96. The van der Waals surface area contributed by atoms with Gasteiger partial charge in [0.15, 0.2) is 0 Å². The van der Waals surface area contributed by atoms with Crippen LogP contribution in [0, 0.1) is 5.92 Å². The molecule has 0 unspecified atom stereocenters. The van der Waals surface area contributed by atoms with Gasteiger partial charge in [-0.2, -0.15) is 0 Å². The number of piperidine rings is 2. The molecule has 0 amide bonds. The molecule has 2 heterocycles. The molecule has 2 atom stereocenters. The van der Waals surface area contributed by atoms with Gasteiger partial charge in [0.1, 0.15) is 12.3 Å². The molecule has 0 radical (unpaired) electrons. The Labute approximate surface area is 114 Å². The van der Waals surface area contributed by atoms with E-state index in [2.05, 4.69) is 16.8 Å². The summed E-state index contributed by atoms with van der Waals surface area (Å²) in [6.07, 6.45) is 1.46. The van der Waals surface area contributed by atoms with Crippen molar-refractivity contribution in [3.63, 3.8) is 0 Å². The zero-order valence-corrected chi connectivity index (χ0v) is 12.0. The minimum absolute atomic E-state index is 0.378. The van der Waals surface area contributed by atoms with Gasteiger partial charge < -0.3 is 9.64 Å². The van der Waals surface area contributed by atoms with Crippen molar-refractivity contribution >= 4 is 5.97 Å². The SMILES string of the molecule is CC(=O)O[C@H]1CCN(CC2CCN(C)CC2)C[C@@H]1F. The molecule has 0 bridgehead atoms. The van der Waals surface area contributed by atoms with Crippen molar-refractivity contribution < 1.29 is 13.9 Å². The third-order valence-electron chi connectivity index (χ3n) is 4.24. The summed E-state index contributed by atoms with van der Waals surface area (Å²) >= 11 is 0. The van der Waals surface area contributed by atoms with Crippen molar-refractivity contribution in [3.8, 4) is 0 Å². The van der Waals surface area contributed by atoms with Crippen molar-refractivity contribution in [1.82, 2.24) is 9.80 Å². The number of alkyl halides is 1. The summed E-state index contributed by atoms with van der Waals surface area (Å²) in [6.45, 7) is 5.87. The average Bonchev–Trinajstić information content (AvgIpc) is 2.35. The van der Waals surface area contributed by atoms with E-state index < -0.39 is 12.3 Å². The number of halogens is 1. The summed E-state index contributed by atoms with van der Waals surface area (Å²) in [5, 5.41) is 0. The Morgan fingerprint density at radius 1 is 1.26 bits per heavy atom. The van der Waals surface area contributed by atoms with Gasteiger partial charge in [-0.15, -0.1) is 0 Å². The standard InChI is InChI=1S/C14H25FN2O2/c1-11(18)19-14-5-8-17(10-13(14)15)9-12-3-6-16(2)7-4-12/h12-14H,3-10H2,1-2H3/t13-,14-/m0/s1. The van der Waals surface area contributed by atoms with Crippen LogP contribution in [0.5, 0.6) is 0 Å². The second kappa shape index (κ2) is 6.66. The van der Waals surface area contributed by atoms with Crippen LogP contribution in [0.2, 0.25) is 0 Å². The van der Waals surface area contributed by atoms with Gasteiger partial charge in [0.25, 0.3) is 0 Å². The molecule has 0 aromatic carbocycles. The molecule has 19 heavy (non-hydrogen) atoms. The molecule has 0 aliphatic carbocycles. The third kappa shape index (κ3) is 4.42. The first-order valence-electron chi connectivity index (χ1n) is 7.27. The molecule has 110 valence electrons. The molecule has 0 aromatic rings. The van der Waals surface area contributed by atoms with E-state index in [1.54, 1.807) is 0 Å². The lowest BCUT2D eigenvalue weighted by Gasteiger charge is -2.37. The number of nitrogens with zero attached hydrogens (tertiary/aromatic N) is 2. The molecule has 0 aromatic heterocycles. The monoisotopic (exact) mass is 272 g/mol. The number of esters is 1. The van der Waals surface area contributed by atoms with Crippen molar-refractivity contribution in [2.24, 2.45) is 5.92 Å². The van der Waals surface area contributed by atoms with Crippen LogP contribution in [0.1, 0.15) is 26.2 Å². The summed E-state index contributed by atoms with van der Waals surface area (Å²) in [5.41, 5.74) is 0. The van der Waals surface area contributed by atoms with Gasteiger partial charge in [-0.05, 0) is 38.9 Å². The topological polar surface area (TPSA) is 32.8 Å². The number of likely N-dealkylation sites (tertiary alicyclic amines) is 2. The predicted molar refractivity (Wildman–Crippen MR) is 71.7 cm³/mol. The molecule has 5 heteroatoms. The molecular weight excluding hydrogens is 247 g/mol. The molecule has 0 N–H and O–H groups in total. The van der Waals surface area contributed by atoms with Gasteiger partial charge in [0.05, 0.1) is 0 Å². The summed E-state index contributed by atoms with van der Waals surface area (Å²) in [5.74, 6) is 0.310. The van der Waals surface area contributed by atoms with Gasteiger partial charge in [-0.1, -0.05) is 0 Å². The quantitative estimate of drug-likeness (QED) is 0.725. The van der Waals surface area contributed by atoms with Crippen LogP contribution >= 0.6 is 0 Å². The van der Waals surface area contributed by atoms with Crippen LogP contribution in [-0.2, 0) is 9.53 Å². The highest BCUT2D eigenvalue weighted by molar-refractivity contribution is 5.66. The Bertz CT molecular complexity index is 306. The van der Waals surface area contributed by atoms with Crippen molar-refractivity contribution in [1.29, 1.82) is 0 Å². The predicted octanol–water partition coefficient (Wildman–Crippen LogP) is 1.30. The lowest BCUT2D eigenvalue weighted by Crippen LogP contribution is -2.48. The van der Waals surface area contributed by atoms with Gasteiger partial charge in [0, 0.05) is 33.0 Å². The first kappa shape index (κ1) is 14.7. The molecule has 2 aliphatic heterocycles. The Balaban J connectivity index is 1.74. The van der Waals surface area contributed by atoms with Crippen LogP contribution in [0.25, 0.3) is 0 Å². The van der Waals surface area contributed by atoms with E-state index in [-0.39, 0.29) is 5.97 Å². The van der Waals surface area contributed by atoms with E-state index in [4.69, 9.17) is 4.74 Å². The van der Waals surface area contributed by atoms with E-state index in [0.717, 1.165) is 26.2 Å². The first-order chi connectivity index (χ1) is 9.04. The summed E-state index contributed by atoms with van der Waals surface area (Å²) in [4.78, 5) is 15.4. The van der Waals surface area contributed by atoms with E-state index >= 15 is 0 Å². The average molecular weight is 272 g/mol. The smallest absolute Gasteiger partial charge is 0.303 e. The molecular formula is C14H25FN2O2. The van der Waals surface area contributed by atoms with Crippen LogP contribution in [0.4, 0.5) is 4.39 Å². The van der Waals surface area contributed by atoms with Crippen molar-refractivity contribution in [2.75, 3.05) is 39.8 Å². The number of hydrogen-bond acceptors (Lipinski definition) is 4. The van der Waals surface area contributed by atoms with E-state index in [1.807, 2.05) is 0 Å². The van der Waals surface area contributed by atoms with Gasteiger partial charge >= 0.3 is 5.97 Å². The molecule has 2 rings (SSSR count). The number of carbonyl (C=O) groups is 1. The van der Waals surface area contributed by atoms with E-state index in [0.29, 0.717) is 18.9 Å². The molecule has 2 aliphatic rings. The number of ether oxygens (including phenoxy) is 1. The fourth-order valence-electron chi connectivity index (χ4n) is 3.07. The van der Waals surface area contributed by atoms with Crippen molar-refractivity contribution in [2.45, 2.75) is 38.5 Å². The maximum absolute atomic E-state index is 13.9. The van der Waals surface area contributed by atoms with E-state index in [9.17, 15) is 9.18 Å². The fraction of sp³-hybridized carbons (Fsp3) is 0.929. The maximum atomic E-state index is 13.9. The number of hydrogen-bond donors (Lipinski definition) is 0. The molecule has 4 nitrogen and oxygen atoms in total. The zero-order valence-electron chi connectivity index (χ0n) is 12.0. The van der Waals surface area contributed by atoms with Gasteiger partial charge in [0.2, 0.25) is 0 Å². The highest BCUT2D eigenvalue weighted by Crippen LogP contribution is 2.22. The van der Waals surface area contributed by atoms with Crippen LogP contribution in [0.15, 0.2) is 0 Å². The van der Waals surface area contributed by atoms with E-state index in [1.165, 1.54) is 19.8 Å². The van der Waals surface area contributed by atoms with Crippen LogP contribution in [0.3, 0.4) is 0 Å². The lowest BCUT2D eigenvalue weighted by molar-refractivity contribution is -0.153. The minimum atomic E-state index is -1.04. The van der Waals surface area contributed by atoms with Crippen LogP contribution in [-0.4, -0.2) is 67.8 Å². The second-order valence-electron chi connectivity index (χ2n) is 5.96. The molecule has 2 fully saturated rings. The summed E-state index contributed by atoms with van der Waals surface area (Å²) < 4.78 is 19.0. The highest BCUT2D eigenvalue weighted by Gasteiger charge is 2.32. The largest absolute Gasteiger partial charge is 0.459 e. The molecule has 2 saturated heterocycles. The number of rotatable bonds is 3. The number of carbonyl (C=O) groups excluding carboxylic acids is 1. The first-order valence-corrected chi connectivity index (χ1v) is 7.27. The van der Waals surface area contributed by atoms with Gasteiger partial charge in [-0.3, -0.25) is 9.69 Å². The van der Waals surface area contributed by atoms with Crippen LogP contribution < -0.4 is 0 Å². The normalized spacial score (nSPS) is 31.3. The maximum Gasteiger partial charge on any atom is 0.303 e. The Morgan fingerprint density at radius 3 is 2.53 bits per heavy atom. The minimum Gasteiger partial charge on any atom is -0.459 e. The Morgan fingerprint density at radius 2 is 1.95 bits per heavy atom. The Kier molecular flexibility index (Phi) is 5.16. The Hall–Kier alpha value is -0.680. The summed E-state index contributed by atoms with van der Waals surface area (Å²) in [7, 11) is 2.15. The molecule has 0 spiro atoms. The third-order valence-corrected chi connectivity index (χ3v) is 4.24. The molecule has 0 saturated carbocycles. The zero-order chi connectivity index (χ0) is 13.8. The fourth-order valence-corrected chi connectivity index (χ4v) is 3.07. The van der Waals surface area contributed by atoms with Gasteiger partial charge in [-0.25, -0.2) is 4.39 Å². The highest BCUT2D eigenvalue weighted by atomic mass is 19.1. The summed E-state index contributed by atoms with van der Waals surface area (Å²) in [6, 6.07) is 0. The van der Waals surface area contributed by atoms with Crippen molar-refractivity contribution in [3.05, 3.63) is 0 Å².